The van der Waals surface area contributed by atoms with E-state index in [0.29, 0.717) is 6.54 Å². The Hall–Kier alpha value is -0.380. The molecule has 1 unspecified atom stereocenters. The third kappa shape index (κ3) is 6.50. The van der Waals surface area contributed by atoms with Gasteiger partial charge in [-0.25, -0.2) is 0 Å². The third-order valence-corrected chi connectivity index (χ3v) is 5.04. The van der Waals surface area contributed by atoms with Gasteiger partial charge in [-0.15, -0.1) is 0 Å². The maximum absolute atomic E-state index is 6.08. The van der Waals surface area contributed by atoms with Crippen molar-refractivity contribution in [1.82, 2.24) is 4.90 Å². The summed E-state index contributed by atoms with van der Waals surface area (Å²) in [4.78, 5) is 2.41. The Balaban J connectivity index is 2.49. The first-order valence-electron chi connectivity index (χ1n) is 8.17. The van der Waals surface area contributed by atoms with Crippen LogP contribution in [-0.4, -0.2) is 24.0 Å². The van der Waals surface area contributed by atoms with Crippen LogP contribution in [0.15, 0.2) is 28.7 Å². The average Bonchev–Trinajstić information content (AvgIpc) is 2.49. The van der Waals surface area contributed by atoms with Crippen molar-refractivity contribution in [1.29, 1.82) is 0 Å². The lowest BCUT2D eigenvalue weighted by atomic mass is 9.92. The summed E-state index contributed by atoms with van der Waals surface area (Å²) in [6.07, 6.45) is 7.80. The predicted octanol–water partition coefficient (Wildman–Crippen LogP) is 4.96. The molecule has 0 aliphatic heterocycles. The lowest BCUT2D eigenvalue weighted by molar-refractivity contribution is 0.122. The van der Waals surface area contributed by atoms with E-state index in [1.54, 1.807) is 0 Å². The predicted molar refractivity (Wildman–Crippen MR) is 96.4 cm³/mol. The molecule has 3 heteroatoms. The van der Waals surface area contributed by atoms with Crippen LogP contribution in [-0.2, 0) is 6.54 Å². The van der Waals surface area contributed by atoms with E-state index in [0.717, 1.165) is 11.0 Å². The zero-order valence-corrected chi connectivity index (χ0v) is 15.5. The van der Waals surface area contributed by atoms with Crippen LogP contribution in [0.4, 0.5) is 0 Å². The highest BCUT2D eigenvalue weighted by Gasteiger charge is 2.27. The van der Waals surface area contributed by atoms with Gasteiger partial charge in [-0.1, -0.05) is 67.1 Å². The molecule has 1 aromatic carbocycles. The standard InChI is InChI=1S/C18H31BrN2/c1-4-5-6-7-8-13-18(2,15-20)21(3)14-16-9-11-17(19)12-10-16/h9-12H,4-8,13-15,20H2,1-3H3. The van der Waals surface area contributed by atoms with Crippen molar-refractivity contribution < 1.29 is 0 Å². The minimum Gasteiger partial charge on any atom is -0.329 e. The Kier molecular flexibility index (Phi) is 8.53. The van der Waals surface area contributed by atoms with E-state index in [-0.39, 0.29) is 5.54 Å². The molecular formula is C18H31BrN2. The molecule has 120 valence electrons. The molecule has 0 bridgehead atoms. The van der Waals surface area contributed by atoms with Crippen LogP contribution in [0, 0.1) is 0 Å². The summed E-state index contributed by atoms with van der Waals surface area (Å²) in [6, 6.07) is 8.57. The molecule has 21 heavy (non-hydrogen) atoms. The molecule has 1 rings (SSSR count). The number of halogens is 1. The van der Waals surface area contributed by atoms with E-state index in [1.807, 2.05) is 0 Å². The fraction of sp³-hybridized carbons (Fsp3) is 0.667. The lowest BCUT2D eigenvalue weighted by Crippen LogP contribution is -2.49. The van der Waals surface area contributed by atoms with Gasteiger partial charge in [-0.3, -0.25) is 4.90 Å². The number of likely N-dealkylation sites (N-methyl/N-ethyl adjacent to an activating group) is 1. The number of nitrogens with two attached hydrogens (primary N) is 1. The fourth-order valence-electron chi connectivity index (χ4n) is 2.61. The van der Waals surface area contributed by atoms with Crippen LogP contribution in [0.5, 0.6) is 0 Å². The maximum Gasteiger partial charge on any atom is 0.0304 e. The first-order chi connectivity index (χ1) is 10.0. The van der Waals surface area contributed by atoms with E-state index in [4.69, 9.17) is 5.73 Å². The summed E-state index contributed by atoms with van der Waals surface area (Å²) in [5.41, 5.74) is 7.51. The van der Waals surface area contributed by atoms with Crippen LogP contribution in [0.25, 0.3) is 0 Å². The molecular weight excluding hydrogens is 324 g/mol. The number of benzene rings is 1. The molecule has 0 aliphatic rings. The number of nitrogens with zero attached hydrogens (tertiary/aromatic N) is 1. The minimum absolute atomic E-state index is 0.0965. The van der Waals surface area contributed by atoms with Gasteiger partial charge in [-0.05, 0) is 38.1 Å². The zero-order valence-electron chi connectivity index (χ0n) is 13.9. The van der Waals surface area contributed by atoms with Crippen molar-refractivity contribution in [2.45, 2.75) is 64.5 Å². The number of unbranched alkanes of at least 4 members (excludes halogenated alkanes) is 4. The minimum atomic E-state index is 0.0965. The van der Waals surface area contributed by atoms with Crippen LogP contribution >= 0.6 is 15.9 Å². The molecule has 0 saturated carbocycles. The van der Waals surface area contributed by atoms with Crippen LogP contribution < -0.4 is 5.73 Å². The summed E-state index contributed by atoms with van der Waals surface area (Å²) in [7, 11) is 2.20. The molecule has 0 fully saturated rings. The second-order valence-corrected chi connectivity index (χ2v) is 7.26. The van der Waals surface area contributed by atoms with E-state index in [9.17, 15) is 0 Å². The topological polar surface area (TPSA) is 29.3 Å². The van der Waals surface area contributed by atoms with E-state index >= 15 is 0 Å². The monoisotopic (exact) mass is 354 g/mol. The lowest BCUT2D eigenvalue weighted by Gasteiger charge is -2.38. The van der Waals surface area contributed by atoms with Gasteiger partial charge in [0.05, 0.1) is 0 Å². The maximum atomic E-state index is 6.08. The van der Waals surface area contributed by atoms with Gasteiger partial charge in [0.2, 0.25) is 0 Å². The summed E-state index contributed by atoms with van der Waals surface area (Å²) in [5, 5.41) is 0. The highest BCUT2D eigenvalue weighted by atomic mass is 79.9. The van der Waals surface area contributed by atoms with Crippen molar-refractivity contribution in [3.63, 3.8) is 0 Å². The number of hydrogen-bond acceptors (Lipinski definition) is 2. The van der Waals surface area contributed by atoms with Gasteiger partial charge in [0, 0.05) is 23.1 Å². The fourth-order valence-corrected chi connectivity index (χ4v) is 2.88. The number of hydrogen-bond donors (Lipinski definition) is 1. The van der Waals surface area contributed by atoms with Crippen molar-refractivity contribution >= 4 is 15.9 Å². The van der Waals surface area contributed by atoms with Gasteiger partial charge in [-0.2, -0.15) is 0 Å². The van der Waals surface area contributed by atoms with Gasteiger partial charge >= 0.3 is 0 Å². The summed E-state index contributed by atoms with van der Waals surface area (Å²) in [5.74, 6) is 0. The van der Waals surface area contributed by atoms with Crippen LogP contribution in [0.3, 0.4) is 0 Å². The molecule has 0 amide bonds. The molecule has 0 saturated heterocycles. The SMILES string of the molecule is CCCCCCCC(C)(CN)N(C)Cc1ccc(Br)cc1. The smallest absolute Gasteiger partial charge is 0.0304 e. The molecule has 0 aromatic heterocycles. The molecule has 0 radical (unpaired) electrons. The van der Waals surface area contributed by atoms with E-state index < -0.39 is 0 Å². The van der Waals surface area contributed by atoms with Gasteiger partial charge in [0.25, 0.3) is 0 Å². The second kappa shape index (κ2) is 9.60. The molecule has 0 aliphatic carbocycles. The molecule has 1 atom stereocenters. The second-order valence-electron chi connectivity index (χ2n) is 6.35. The first kappa shape index (κ1) is 18.7. The first-order valence-corrected chi connectivity index (χ1v) is 8.97. The Morgan fingerprint density at radius 3 is 2.29 bits per heavy atom. The van der Waals surface area contributed by atoms with Gasteiger partial charge < -0.3 is 5.73 Å². The Bertz CT molecular complexity index is 391. The van der Waals surface area contributed by atoms with Crippen molar-refractivity contribution in [3.05, 3.63) is 34.3 Å². The molecule has 2 nitrogen and oxygen atoms in total. The van der Waals surface area contributed by atoms with E-state index in [2.05, 4.69) is 66.0 Å². The summed E-state index contributed by atoms with van der Waals surface area (Å²) in [6.45, 7) is 6.23. The Morgan fingerprint density at radius 2 is 1.71 bits per heavy atom. The van der Waals surface area contributed by atoms with Gasteiger partial charge in [0.1, 0.15) is 0 Å². The highest BCUT2D eigenvalue weighted by molar-refractivity contribution is 9.10. The molecule has 1 aromatic rings. The normalized spacial score (nSPS) is 14.4. The van der Waals surface area contributed by atoms with Crippen LogP contribution in [0.2, 0.25) is 0 Å². The number of rotatable bonds is 10. The Morgan fingerprint density at radius 1 is 1.10 bits per heavy atom. The van der Waals surface area contributed by atoms with Crippen molar-refractivity contribution in [3.8, 4) is 0 Å². The van der Waals surface area contributed by atoms with E-state index in [1.165, 1.54) is 44.1 Å². The molecule has 2 N–H and O–H groups in total. The molecule has 0 heterocycles. The average molecular weight is 355 g/mol. The highest BCUT2D eigenvalue weighted by Crippen LogP contribution is 2.23. The largest absolute Gasteiger partial charge is 0.329 e. The third-order valence-electron chi connectivity index (χ3n) is 4.51. The quantitative estimate of drug-likeness (QED) is 0.601. The zero-order chi connectivity index (χ0) is 15.7. The van der Waals surface area contributed by atoms with Crippen molar-refractivity contribution in [2.75, 3.05) is 13.6 Å². The van der Waals surface area contributed by atoms with Crippen molar-refractivity contribution in [2.24, 2.45) is 5.73 Å². The summed E-state index contributed by atoms with van der Waals surface area (Å²) >= 11 is 3.49. The van der Waals surface area contributed by atoms with Gasteiger partial charge in [0.15, 0.2) is 0 Å². The molecule has 0 spiro atoms. The Labute approximate surface area is 139 Å². The van der Waals surface area contributed by atoms with Crippen LogP contribution in [0.1, 0.15) is 57.9 Å². The summed E-state index contributed by atoms with van der Waals surface area (Å²) < 4.78 is 1.13.